The van der Waals surface area contributed by atoms with Crippen molar-refractivity contribution in [2.24, 2.45) is 0 Å². The standard InChI is InChI=1S/C16H20N4O/c1-2-12(10-21)18-16-13-4-3-5-14(13)19-15(20-16)11-6-8-17-9-7-11/h6-9,12,21H,2-5,10H2,1H3,(H,18,19,20)/t12-/m0/s1. The Balaban J connectivity index is 2.00. The molecule has 3 rings (SSSR count). The Morgan fingerprint density at radius 3 is 2.76 bits per heavy atom. The van der Waals surface area contributed by atoms with Gasteiger partial charge in [0, 0.05) is 29.2 Å². The molecule has 0 amide bonds. The average molecular weight is 284 g/mol. The van der Waals surface area contributed by atoms with E-state index in [4.69, 9.17) is 4.98 Å². The number of aryl methyl sites for hydroxylation is 1. The summed E-state index contributed by atoms with van der Waals surface area (Å²) < 4.78 is 0. The predicted molar refractivity (Wildman–Crippen MR) is 82.1 cm³/mol. The molecule has 2 heterocycles. The van der Waals surface area contributed by atoms with Crippen LogP contribution in [0.4, 0.5) is 5.82 Å². The van der Waals surface area contributed by atoms with E-state index in [1.165, 1.54) is 5.56 Å². The van der Waals surface area contributed by atoms with Crippen molar-refractivity contribution >= 4 is 5.82 Å². The van der Waals surface area contributed by atoms with Gasteiger partial charge in [0.2, 0.25) is 0 Å². The van der Waals surface area contributed by atoms with E-state index in [1.54, 1.807) is 12.4 Å². The maximum Gasteiger partial charge on any atom is 0.161 e. The molecule has 0 unspecified atom stereocenters. The maximum atomic E-state index is 9.41. The molecule has 1 aliphatic carbocycles. The van der Waals surface area contributed by atoms with Crippen LogP contribution in [0.2, 0.25) is 0 Å². The number of aliphatic hydroxyl groups excluding tert-OH is 1. The zero-order chi connectivity index (χ0) is 14.7. The van der Waals surface area contributed by atoms with E-state index >= 15 is 0 Å². The molecule has 0 fully saturated rings. The average Bonchev–Trinajstić information content (AvgIpc) is 3.02. The number of nitrogens with zero attached hydrogens (tertiary/aromatic N) is 3. The van der Waals surface area contributed by atoms with Crippen LogP contribution in [0.5, 0.6) is 0 Å². The van der Waals surface area contributed by atoms with Gasteiger partial charge in [-0.25, -0.2) is 9.97 Å². The fourth-order valence-corrected chi connectivity index (χ4v) is 2.65. The Bertz CT molecular complexity index is 611. The largest absolute Gasteiger partial charge is 0.394 e. The lowest BCUT2D eigenvalue weighted by atomic mass is 10.2. The van der Waals surface area contributed by atoms with Crippen LogP contribution in [0.15, 0.2) is 24.5 Å². The van der Waals surface area contributed by atoms with Gasteiger partial charge >= 0.3 is 0 Å². The minimum absolute atomic E-state index is 0.0369. The summed E-state index contributed by atoms with van der Waals surface area (Å²) in [6.07, 6.45) is 7.49. The van der Waals surface area contributed by atoms with Crippen LogP contribution < -0.4 is 5.32 Å². The Kier molecular flexibility index (Phi) is 4.10. The van der Waals surface area contributed by atoms with E-state index in [0.29, 0.717) is 0 Å². The number of hydrogen-bond acceptors (Lipinski definition) is 5. The number of pyridine rings is 1. The first kappa shape index (κ1) is 13.9. The number of rotatable bonds is 5. The SMILES string of the molecule is CC[C@@H](CO)Nc1nc(-c2ccncc2)nc2c1CCC2. The van der Waals surface area contributed by atoms with E-state index in [0.717, 1.165) is 48.6 Å². The van der Waals surface area contributed by atoms with E-state index < -0.39 is 0 Å². The van der Waals surface area contributed by atoms with Gasteiger partial charge < -0.3 is 10.4 Å². The molecule has 21 heavy (non-hydrogen) atoms. The van der Waals surface area contributed by atoms with Crippen LogP contribution in [0, 0.1) is 0 Å². The summed E-state index contributed by atoms with van der Waals surface area (Å²) >= 11 is 0. The first-order valence-electron chi connectivity index (χ1n) is 7.49. The molecule has 0 spiro atoms. The number of hydrogen-bond donors (Lipinski definition) is 2. The number of fused-ring (bicyclic) bond motifs is 1. The first-order chi connectivity index (χ1) is 10.3. The van der Waals surface area contributed by atoms with Crippen LogP contribution in [0.3, 0.4) is 0 Å². The molecule has 2 aromatic rings. The van der Waals surface area contributed by atoms with E-state index in [9.17, 15) is 5.11 Å². The first-order valence-corrected chi connectivity index (χ1v) is 7.49. The maximum absolute atomic E-state index is 9.41. The highest BCUT2D eigenvalue weighted by Crippen LogP contribution is 2.29. The summed E-state index contributed by atoms with van der Waals surface area (Å²) in [5, 5.41) is 12.8. The van der Waals surface area contributed by atoms with Crippen LogP contribution in [-0.2, 0) is 12.8 Å². The number of nitrogens with one attached hydrogen (secondary N) is 1. The van der Waals surface area contributed by atoms with Crippen molar-refractivity contribution in [2.75, 3.05) is 11.9 Å². The molecule has 0 radical (unpaired) electrons. The third kappa shape index (κ3) is 2.88. The Labute approximate surface area is 124 Å². The topological polar surface area (TPSA) is 70.9 Å². The van der Waals surface area contributed by atoms with Gasteiger partial charge in [-0.3, -0.25) is 4.98 Å². The third-order valence-corrected chi connectivity index (χ3v) is 3.93. The van der Waals surface area contributed by atoms with Crippen molar-refractivity contribution in [3.05, 3.63) is 35.8 Å². The summed E-state index contributed by atoms with van der Waals surface area (Å²) in [6, 6.07) is 3.88. The minimum Gasteiger partial charge on any atom is -0.394 e. The van der Waals surface area contributed by atoms with Gasteiger partial charge in [-0.2, -0.15) is 0 Å². The third-order valence-electron chi connectivity index (χ3n) is 3.93. The monoisotopic (exact) mass is 284 g/mol. The summed E-state index contributed by atoms with van der Waals surface area (Å²) in [4.78, 5) is 13.4. The smallest absolute Gasteiger partial charge is 0.161 e. The normalized spacial score (nSPS) is 14.8. The predicted octanol–water partition coefficient (Wildman–Crippen LogP) is 2.21. The number of aliphatic hydroxyl groups is 1. The van der Waals surface area contributed by atoms with Gasteiger partial charge in [-0.15, -0.1) is 0 Å². The van der Waals surface area contributed by atoms with Crippen molar-refractivity contribution in [1.82, 2.24) is 15.0 Å². The van der Waals surface area contributed by atoms with E-state index in [1.807, 2.05) is 12.1 Å². The second-order valence-electron chi connectivity index (χ2n) is 5.34. The van der Waals surface area contributed by atoms with Crippen molar-refractivity contribution in [3.8, 4) is 11.4 Å². The van der Waals surface area contributed by atoms with Crippen molar-refractivity contribution in [1.29, 1.82) is 0 Å². The highest BCUT2D eigenvalue weighted by atomic mass is 16.3. The van der Waals surface area contributed by atoms with Crippen LogP contribution in [0.1, 0.15) is 31.0 Å². The second-order valence-corrected chi connectivity index (χ2v) is 5.34. The fourth-order valence-electron chi connectivity index (χ4n) is 2.65. The van der Waals surface area contributed by atoms with Crippen LogP contribution in [-0.4, -0.2) is 32.7 Å². The number of aromatic nitrogens is 3. The highest BCUT2D eigenvalue weighted by Gasteiger charge is 2.21. The molecule has 1 aliphatic rings. The minimum atomic E-state index is 0.0369. The lowest BCUT2D eigenvalue weighted by molar-refractivity contribution is 0.271. The molecule has 5 nitrogen and oxygen atoms in total. The molecule has 2 aromatic heterocycles. The van der Waals surface area contributed by atoms with E-state index in [2.05, 4.69) is 22.2 Å². The Hall–Kier alpha value is -2.01. The van der Waals surface area contributed by atoms with Gasteiger partial charge in [-0.1, -0.05) is 6.92 Å². The number of anilines is 1. The molecular formula is C16H20N4O. The molecule has 0 aromatic carbocycles. The summed E-state index contributed by atoms with van der Waals surface area (Å²) in [6.45, 7) is 2.17. The van der Waals surface area contributed by atoms with Crippen molar-refractivity contribution < 1.29 is 5.11 Å². The summed E-state index contributed by atoms with van der Waals surface area (Å²) in [5.74, 6) is 1.61. The van der Waals surface area contributed by atoms with Crippen molar-refractivity contribution in [2.45, 2.75) is 38.6 Å². The molecule has 1 atom stereocenters. The summed E-state index contributed by atoms with van der Waals surface area (Å²) in [5.41, 5.74) is 3.31. The van der Waals surface area contributed by atoms with Gasteiger partial charge in [0.25, 0.3) is 0 Å². The second kappa shape index (κ2) is 6.18. The quantitative estimate of drug-likeness (QED) is 0.881. The Morgan fingerprint density at radius 2 is 2.05 bits per heavy atom. The van der Waals surface area contributed by atoms with Crippen LogP contribution in [0.25, 0.3) is 11.4 Å². The molecule has 0 saturated heterocycles. The molecule has 0 bridgehead atoms. The molecule has 110 valence electrons. The molecule has 5 heteroatoms. The highest BCUT2D eigenvalue weighted by molar-refractivity contribution is 5.60. The Morgan fingerprint density at radius 1 is 1.24 bits per heavy atom. The van der Waals surface area contributed by atoms with Crippen molar-refractivity contribution in [3.63, 3.8) is 0 Å². The summed E-state index contributed by atoms with van der Waals surface area (Å²) in [7, 11) is 0. The zero-order valence-corrected chi connectivity index (χ0v) is 12.2. The lowest BCUT2D eigenvalue weighted by Crippen LogP contribution is -2.24. The molecule has 2 N–H and O–H groups in total. The van der Waals surface area contributed by atoms with Gasteiger partial charge in [0.1, 0.15) is 5.82 Å². The van der Waals surface area contributed by atoms with E-state index in [-0.39, 0.29) is 12.6 Å². The lowest BCUT2D eigenvalue weighted by Gasteiger charge is -2.18. The fraction of sp³-hybridized carbons (Fsp3) is 0.438. The molecular weight excluding hydrogens is 264 g/mol. The van der Waals surface area contributed by atoms with Gasteiger partial charge in [0.15, 0.2) is 5.82 Å². The molecule has 0 aliphatic heterocycles. The van der Waals surface area contributed by atoms with Gasteiger partial charge in [0.05, 0.1) is 12.6 Å². The van der Waals surface area contributed by atoms with Gasteiger partial charge in [-0.05, 0) is 37.8 Å². The molecule has 0 saturated carbocycles. The van der Waals surface area contributed by atoms with Crippen LogP contribution >= 0.6 is 0 Å². The zero-order valence-electron chi connectivity index (χ0n) is 12.2.